The molecule has 0 radical (unpaired) electrons. The van der Waals surface area contributed by atoms with Crippen LogP contribution in [0.2, 0.25) is 0 Å². The Kier molecular flexibility index (Phi) is 14.1. The molecule has 0 bridgehead atoms. The zero-order valence-corrected chi connectivity index (χ0v) is 40.9. The number of imidazole rings is 1. The lowest BCUT2D eigenvalue weighted by atomic mass is 9.91. The van der Waals surface area contributed by atoms with E-state index in [2.05, 4.69) is 10.3 Å². The fourth-order valence-electron chi connectivity index (χ4n) is 8.68. The van der Waals surface area contributed by atoms with Crippen molar-refractivity contribution in [2.24, 2.45) is 29.7 Å². The Morgan fingerprint density at radius 1 is 0.938 bits per heavy atom. The lowest BCUT2D eigenvalue weighted by molar-refractivity contribution is -0.173. The standard InChI is InChI=1S/C44H58F2N5O9PS3/c1-41(2,3)39(55)62-17-15-59-61(57,60-16-18-63-40(56)42(4,5)6)44(45,46)29-9-12-33-28(20-29)23-34(64-33)35(52)48-31-22-27-19-26(27)21-30-10-11-32(51(30)36(31)53)37(54)50-24-43(25-50,58-8)38-47-13-14-49(38)7/h9,12-14,20,23,26-27,30-32H,10-11,15-19,21-22,24-25H2,1-8H3,(H,48,52)/t26-,27+,30+,31-,32-/m0/s1. The van der Waals surface area contributed by atoms with Gasteiger partial charge in [-0.15, -0.1) is 11.3 Å². The number of nitrogens with zero attached hydrogens (tertiary/aromatic N) is 4. The summed E-state index contributed by atoms with van der Waals surface area (Å²) in [7, 11) is -1.79. The van der Waals surface area contributed by atoms with Crippen molar-refractivity contribution in [3.8, 4) is 0 Å². The summed E-state index contributed by atoms with van der Waals surface area (Å²) in [5, 5.41) is 2.85. The maximum atomic E-state index is 16.5. The van der Waals surface area contributed by atoms with E-state index in [4.69, 9.17) is 13.8 Å². The van der Waals surface area contributed by atoms with E-state index in [9.17, 15) is 28.5 Å². The summed E-state index contributed by atoms with van der Waals surface area (Å²) in [6, 6.07) is 3.42. The predicted molar refractivity (Wildman–Crippen MR) is 243 cm³/mol. The number of hydrogen-bond donors (Lipinski definition) is 1. The molecule has 7 rings (SSSR count). The second-order valence-electron chi connectivity index (χ2n) is 19.3. The van der Waals surface area contributed by atoms with Crippen molar-refractivity contribution >= 4 is 80.5 Å². The fraction of sp³-hybridized carbons (Fsp3) is 0.636. The number of amides is 3. The number of carbonyl (C=O) groups excluding carboxylic acids is 5. The molecule has 5 heterocycles. The van der Waals surface area contributed by atoms with Crippen LogP contribution >= 0.6 is 42.5 Å². The number of aromatic nitrogens is 2. The molecule has 1 N–H and O–H groups in total. The summed E-state index contributed by atoms with van der Waals surface area (Å²) in [4.78, 5) is 75.5. The van der Waals surface area contributed by atoms with Gasteiger partial charge in [0.1, 0.15) is 17.9 Å². The number of carbonyl (C=O) groups is 5. The first-order valence-corrected chi connectivity index (χ1v) is 25.9. The van der Waals surface area contributed by atoms with E-state index < -0.39 is 66.5 Å². The van der Waals surface area contributed by atoms with Crippen molar-refractivity contribution < 1.29 is 51.1 Å². The van der Waals surface area contributed by atoms with Gasteiger partial charge >= 0.3 is 13.3 Å². The average molecular weight is 966 g/mol. The van der Waals surface area contributed by atoms with Crippen LogP contribution in [0.4, 0.5) is 8.78 Å². The second-order valence-corrected chi connectivity index (χ2v) is 24.6. The summed E-state index contributed by atoms with van der Waals surface area (Å²) >= 11 is 2.83. The molecule has 350 valence electrons. The second kappa shape index (κ2) is 18.5. The fourth-order valence-corrected chi connectivity index (χ4v) is 13.0. The molecule has 20 heteroatoms. The molecule has 5 atom stereocenters. The number of thioether (sulfide) groups is 2. The summed E-state index contributed by atoms with van der Waals surface area (Å²) < 4.78 is 66.1. The van der Waals surface area contributed by atoms with E-state index in [0.29, 0.717) is 43.0 Å². The molecular formula is C44H58F2N5O9PS3. The van der Waals surface area contributed by atoms with Crippen molar-refractivity contribution in [1.82, 2.24) is 24.7 Å². The van der Waals surface area contributed by atoms with E-state index >= 15 is 8.78 Å². The van der Waals surface area contributed by atoms with Gasteiger partial charge in [0.05, 0.1) is 31.2 Å². The largest absolute Gasteiger partial charge is 0.404 e. The van der Waals surface area contributed by atoms with Crippen LogP contribution in [0.25, 0.3) is 10.1 Å². The van der Waals surface area contributed by atoms with E-state index in [1.165, 1.54) is 12.1 Å². The van der Waals surface area contributed by atoms with Crippen molar-refractivity contribution in [2.75, 3.05) is 44.9 Å². The minimum atomic E-state index is -5.26. The number of likely N-dealkylation sites (tertiary alicyclic amines) is 1. The van der Waals surface area contributed by atoms with Crippen LogP contribution in [0.15, 0.2) is 36.7 Å². The summed E-state index contributed by atoms with van der Waals surface area (Å²) in [6.07, 6.45) is 6.90. The smallest absolute Gasteiger partial charge is 0.367 e. The predicted octanol–water partition coefficient (Wildman–Crippen LogP) is 7.79. The molecule has 4 aliphatic rings. The van der Waals surface area contributed by atoms with Gasteiger partial charge in [-0.05, 0) is 67.5 Å². The Balaban J connectivity index is 1.05. The highest BCUT2D eigenvalue weighted by atomic mass is 32.2. The van der Waals surface area contributed by atoms with Crippen LogP contribution in [0, 0.1) is 22.7 Å². The monoisotopic (exact) mass is 965 g/mol. The van der Waals surface area contributed by atoms with Crippen LogP contribution in [-0.2, 0) is 55.8 Å². The van der Waals surface area contributed by atoms with Gasteiger partial charge in [0, 0.05) is 65.2 Å². The first kappa shape index (κ1) is 48.7. The highest BCUT2D eigenvalue weighted by molar-refractivity contribution is 8.14. The van der Waals surface area contributed by atoms with Gasteiger partial charge in [0.2, 0.25) is 11.8 Å². The highest BCUT2D eigenvalue weighted by Gasteiger charge is 2.57. The van der Waals surface area contributed by atoms with Crippen molar-refractivity contribution in [1.29, 1.82) is 0 Å². The Morgan fingerprint density at radius 3 is 2.14 bits per heavy atom. The quantitative estimate of drug-likeness (QED) is 0.116. The normalized spacial score (nSPS) is 23.5. The van der Waals surface area contributed by atoms with Gasteiger partial charge in [0.25, 0.3) is 5.91 Å². The first-order chi connectivity index (χ1) is 30.0. The minimum absolute atomic E-state index is 0.0425. The molecule has 3 aromatic rings. The number of alkyl halides is 2. The molecule has 0 spiro atoms. The number of halogens is 2. The summed E-state index contributed by atoms with van der Waals surface area (Å²) in [5.74, 6) is 0.289. The van der Waals surface area contributed by atoms with Crippen molar-refractivity contribution in [3.63, 3.8) is 0 Å². The van der Waals surface area contributed by atoms with Crippen LogP contribution in [0.1, 0.15) is 94.7 Å². The summed E-state index contributed by atoms with van der Waals surface area (Å²) in [5.41, 5.74) is -6.93. The molecule has 3 saturated heterocycles. The number of hydrogen-bond acceptors (Lipinski definition) is 13. The Bertz CT molecular complexity index is 2300. The molecule has 0 unspecified atom stereocenters. The first-order valence-electron chi connectivity index (χ1n) is 21.6. The van der Waals surface area contributed by atoms with E-state index in [1.807, 2.05) is 17.8 Å². The van der Waals surface area contributed by atoms with Gasteiger partial charge in [-0.3, -0.25) is 28.5 Å². The van der Waals surface area contributed by atoms with Crippen LogP contribution in [-0.4, -0.2) is 110 Å². The lowest BCUT2D eigenvalue weighted by Gasteiger charge is -2.49. The van der Waals surface area contributed by atoms with Gasteiger partial charge in [-0.1, -0.05) is 71.1 Å². The molecule has 1 saturated carbocycles. The SMILES string of the molecule is COC1(c2nccn2C)CN(C(=O)[C@@H]2CC[C@@H]3C[C@@H]4C[C@@H]4C[C@H](NC(=O)c4cc5cc(C(F)(F)P(=O)(OCCSC(=O)C(C)(C)C)OCCSC(=O)C(C)(C)C)ccc5s4)C(=O)N32)C1. The number of fused-ring (bicyclic) bond motifs is 3. The number of ether oxygens (including phenoxy) is 1. The molecule has 1 aromatic carbocycles. The van der Waals surface area contributed by atoms with E-state index in [0.717, 1.165) is 65.7 Å². The molecule has 64 heavy (non-hydrogen) atoms. The van der Waals surface area contributed by atoms with E-state index in [-0.39, 0.29) is 55.8 Å². The molecule has 2 aromatic heterocycles. The Hall–Kier alpha value is -3.19. The van der Waals surface area contributed by atoms with Crippen LogP contribution in [0.3, 0.4) is 0 Å². The zero-order chi connectivity index (χ0) is 46.6. The topological polar surface area (TPSA) is 166 Å². The molecular weight excluding hydrogens is 908 g/mol. The Labute approximate surface area is 385 Å². The van der Waals surface area contributed by atoms with Gasteiger partial charge in [-0.25, -0.2) is 4.98 Å². The average Bonchev–Trinajstić information content (AvgIpc) is 3.52. The third-order valence-corrected chi connectivity index (χ3v) is 18.1. The van der Waals surface area contributed by atoms with Crippen LogP contribution in [0.5, 0.6) is 0 Å². The lowest BCUT2D eigenvalue weighted by Crippen LogP contribution is -2.66. The maximum absolute atomic E-state index is 16.5. The molecule has 4 fully saturated rings. The number of nitrogens with one attached hydrogen (secondary N) is 1. The summed E-state index contributed by atoms with van der Waals surface area (Å²) in [6.45, 7) is 10.0. The molecule has 3 amide bonds. The number of methoxy groups -OCH3 is 1. The zero-order valence-electron chi connectivity index (χ0n) is 37.5. The van der Waals surface area contributed by atoms with E-state index in [1.54, 1.807) is 64.6 Å². The van der Waals surface area contributed by atoms with Gasteiger partial charge < -0.3 is 33.5 Å². The number of benzene rings is 1. The third kappa shape index (κ3) is 9.91. The third-order valence-electron chi connectivity index (χ3n) is 12.5. The van der Waals surface area contributed by atoms with Crippen molar-refractivity contribution in [2.45, 2.75) is 103 Å². The van der Waals surface area contributed by atoms with Gasteiger partial charge in [0.15, 0.2) is 15.8 Å². The number of rotatable bonds is 15. The molecule has 3 aliphatic heterocycles. The number of aryl methyl sites for hydroxylation is 1. The minimum Gasteiger partial charge on any atom is -0.367 e. The highest BCUT2D eigenvalue weighted by Crippen LogP contribution is 2.67. The molecule has 1 aliphatic carbocycles. The van der Waals surface area contributed by atoms with Crippen LogP contribution < -0.4 is 5.32 Å². The Morgan fingerprint density at radius 2 is 1.56 bits per heavy atom. The molecule has 14 nitrogen and oxygen atoms in total. The maximum Gasteiger partial charge on any atom is 0.404 e. The number of thiophene rings is 1. The van der Waals surface area contributed by atoms with Crippen molar-refractivity contribution in [3.05, 3.63) is 52.9 Å². The van der Waals surface area contributed by atoms with Gasteiger partial charge in [-0.2, -0.15) is 8.78 Å².